The summed E-state index contributed by atoms with van der Waals surface area (Å²) in [5, 5.41) is 21.1. The van der Waals surface area contributed by atoms with Gasteiger partial charge >= 0.3 is 0 Å². The predicted octanol–water partition coefficient (Wildman–Crippen LogP) is 2.54. The van der Waals surface area contributed by atoms with Crippen molar-refractivity contribution in [2.45, 2.75) is 18.9 Å². The highest BCUT2D eigenvalue weighted by atomic mass is 16.5. The van der Waals surface area contributed by atoms with E-state index in [-0.39, 0.29) is 12.7 Å². The second-order valence-electron chi connectivity index (χ2n) is 4.64. The van der Waals surface area contributed by atoms with Crippen LogP contribution in [0.25, 0.3) is 10.8 Å². The summed E-state index contributed by atoms with van der Waals surface area (Å²) >= 11 is 0. The first-order valence-corrected chi connectivity index (χ1v) is 6.27. The lowest BCUT2D eigenvalue weighted by Crippen LogP contribution is -2.04. The summed E-state index contributed by atoms with van der Waals surface area (Å²) in [6, 6.07) is 9.93. The largest absolute Gasteiger partial charge is 0.507 e. The van der Waals surface area contributed by atoms with Gasteiger partial charge in [-0.05, 0) is 29.9 Å². The number of hydrogen-bond donors (Lipinski definition) is 2. The molecule has 1 unspecified atom stereocenters. The number of benzene rings is 2. The van der Waals surface area contributed by atoms with Crippen LogP contribution in [-0.2, 0) is 11.2 Å². The molecule has 0 fully saturated rings. The highest BCUT2D eigenvalue weighted by Gasteiger charge is 2.26. The summed E-state index contributed by atoms with van der Waals surface area (Å²) in [6.07, 6.45) is 1.71. The van der Waals surface area contributed by atoms with Gasteiger partial charge in [0.1, 0.15) is 5.75 Å². The molecule has 0 saturated heterocycles. The van der Waals surface area contributed by atoms with Gasteiger partial charge in [-0.1, -0.05) is 24.3 Å². The molecule has 0 radical (unpaired) electrons. The zero-order chi connectivity index (χ0) is 12.5. The van der Waals surface area contributed by atoms with Crippen molar-refractivity contribution in [2.75, 3.05) is 13.2 Å². The first-order valence-electron chi connectivity index (χ1n) is 6.27. The number of fused-ring (bicyclic) bond motifs is 2. The van der Waals surface area contributed by atoms with Gasteiger partial charge in [-0.3, -0.25) is 0 Å². The SMILES string of the molecule is OCCOC1CCc2c1cc1ccccc1c2O. The smallest absolute Gasteiger partial charge is 0.126 e. The molecule has 0 amide bonds. The molecule has 0 bridgehead atoms. The van der Waals surface area contributed by atoms with Crippen molar-refractivity contribution >= 4 is 10.8 Å². The van der Waals surface area contributed by atoms with Crippen LogP contribution in [0.5, 0.6) is 5.75 Å². The maximum Gasteiger partial charge on any atom is 0.126 e. The molecule has 2 aromatic rings. The van der Waals surface area contributed by atoms with Crippen LogP contribution < -0.4 is 0 Å². The van der Waals surface area contributed by atoms with E-state index in [0.29, 0.717) is 12.4 Å². The highest BCUT2D eigenvalue weighted by Crippen LogP contribution is 2.42. The minimum Gasteiger partial charge on any atom is -0.507 e. The molecular formula is C15H16O3. The molecule has 0 heterocycles. The molecule has 0 saturated carbocycles. The minimum absolute atomic E-state index is 0.00246. The summed E-state index contributed by atoms with van der Waals surface area (Å²) in [5.41, 5.74) is 2.07. The lowest BCUT2D eigenvalue weighted by atomic mass is 10.0. The zero-order valence-electron chi connectivity index (χ0n) is 10.1. The van der Waals surface area contributed by atoms with Crippen LogP contribution in [0.4, 0.5) is 0 Å². The maximum absolute atomic E-state index is 10.3. The van der Waals surface area contributed by atoms with E-state index in [9.17, 15) is 5.11 Å². The van der Waals surface area contributed by atoms with Crippen LogP contribution in [0.15, 0.2) is 30.3 Å². The number of rotatable bonds is 3. The molecule has 0 aromatic heterocycles. The van der Waals surface area contributed by atoms with Crippen molar-refractivity contribution < 1.29 is 14.9 Å². The third-order valence-corrected chi connectivity index (χ3v) is 3.57. The standard InChI is InChI=1S/C15H16O3/c16-7-8-18-14-6-5-12-13(14)9-10-3-1-2-4-11(10)15(12)17/h1-4,9,14,16-17H,5-8H2. The van der Waals surface area contributed by atoms with Gasteiger partial charge in [0.2, 0.25) is 0 Å². The van der Waals surface area contributed by atoms with E-state index in [2.05, 4.69) is 6.07 Å². The number of phenols is 1. The average molecular weight is 244 g/mol. The van der Waals surface area contributed by atoms with Gasteiger partial charge in [0.25, 0.3) is 0 Å². The number of hydrogen-bond acceptors (Lipinski definition) is 3. The van der Waals surface area contributed by atoms with Gasteiger partial charge in [-0.15, -0.1) is 0 Å². The monoisotopic (exact) mass is 244 g/mol. The molecule has 94 valence electrons. The number of phenolic OH excluding ortho intramolecular Hbond substituents is 1. The quantitative estimate of drug-likeness (QED) is 0.872. The summed E-state index contributed by atoms with van der Waals surface area (Å²) < 4.78 is 5.62. The zero-order valence-corrected chi connectivity index (χ0v) is 10.1. The first kappa shape index (κ1) is 11.5. The predicted molar refractivity (Wildman–Crippen MR) is 69.7 cm³/mol. The summed E-state index contributed by atoms with van der Waals surface area (Å²) in [7, 11) is 0. The third kappa shape index (κ3) is 1.76. The van der Waals surface area contributed by atoms with Gasteiger partial charge in [0.05, 0.1) is 19.3 Å². The van der Waals surface area contributed by atoms with Gasteiger partial charge in [-0.25, -0.2) is 0 Å². The van der Waals surface area contributed by atoms with Crippen molar-refractivity contribution in [1.29, 1.82) is 0 Å². The van der Waals surface area contributed by atoms with E-state index < -0.39 is 0 Å². The van der Waals surface area contributed by atoms with Crippen molar-refractivity contribution in [2.24, 2.45) is 0 Å². The molecule has 1 atom stereocenters. The Morgan fingerprint density at radius 3 is 2.94 bits per heavy atom. The molecule has 1 aliphatic rings. The molecule has 2 N–H and O–H groups in total. The Labute approximate surface area is 106 Å². The second-order valence-corrected chi connectivity index (χ2v) is 4.64. The highest BCUT2D eigenvalue weighted by molar-refractivity contribution is 5.90. The number of ether oxygens (including phenoxy) is 1. The molecule has 0 spiro atoms. The molecule has 3 heteroatoms. The van der Waals surface area contributed by atoms with E-state index >= 15 is 0 Å². The van der Waals surface area contributed by atoms with Gasteiger partial charge in [-0.2, -0.15) is 0 Å². The van der Waals surface area contributed by atoms with E-state index in [4.69, 9.17) is 9.84 Å². The summed E-state index contributed by atoms with van der Waals surface area (Å²) in [4.78, 5) is 0. The molecule has 1 aliphatic carbocycles. The van der Waals surface area contributed by atoms with E-state index in [1.54, 1.807) is 0 Å². The van der Waals surface area contributed by atoms with Crippen LogP contribution in [0.3, 0.4) is 0 Å². The Bertz CT molecular complexity index is 577. The Morgan fingerprint density at radius 1 is 1.28 bits per heavy atom. The fourth-order valence-corrected chi connectivity index (χ4v) is 2.74. The van der Waals surface area contributed by atoms with Crippen LogP contribution >= 0.6 is 0 Å². The lowest BCUT2D eigenvalue weighted by molar-refractivity contribution is 0.0291. The van der Waals surface area contributed by atoms with Gasteiger partial charge in [0, 0.05) is 10.9 Å². The number of aliphatic hydroxyl groups excluding tert-OH is 1. The third-order valence-electron chi connectivity index (χ3n) is 3.57. The second kappa shape index (κ2) is 4.59. The summed E-state index contributed by atoms with van der Waals surface area (Å²) in [6.45, 7) is 0.378. The Kier molecular flexibility index (Phi) is 2.94. The maximum atomic E-state index is 10.3. The van der Waals surface area contributed by atoms with E-state index in [1.807, 2.05) is 24.3 Å². The van der Waals surface area contributed by atoms with Gasteiger partial charge < -0.3 is 14.9 Å². The molecule has 3 nitrogen and oxygen atoms in total. The van der Waals surface area contributed by atoms with Crippen molar-refractivity contribution in [1.82, 2.24) is 0 Å². The molecular weight excluding hydrogens is 228 g/mol. The van der Waals surface area contributed by atoms with Crippen molar-refractivity contribution in [3.63, 3.8) is 0 Å². The topological polar surface area (TPSA) is 49.7 Å². The molecule has 2 aromatic carbocycles. The first-order chi connectivity index (χ1) is 8.81. The van der Waals surface area contributed by atoms with E-state index in [0.717, 1.165) is 34.7 Å². The van der Waals surface area contributed by atoms with Crippen LogP contribution in [-0.4, -0.2) is 23.4 Å². The normalized spacial score (nSPS) is 18.2. The van der Waals surface area contributed by atoms with Crippen LogP contribution in [0.2, 0.25) is 0 Å². The molecule has 0 aliphatic heterocycles. The molecule has 3 rings (SSSR count). The van der Waals surface area contributed by atoms with Crippen LogP contribution in [0, 0.1) is 0 Å². The molecule has 18 heavy (non-hydrogen) atoms. The minimum atomic E-state index is 0.00246. The van der Waals surface area contributed by atoms with Crippen LogP contribution in [0.1, 0.15) is 23.7 Å². The number of aliphatic hydroxyl groups is 1. The lowest BCUT2D eigenvalue weighted by Gasteiger charge is -2.14. The van der Waals surface area contributed by atoms with Gasteiger partial charge in [0.15, 0.2) is 0 Å². The Balaban J connectivity index is 2.08. The van der Waals surface area contributed by atoms with Crippen molar-refractivity contribution in [3.05, 3.63) is 41.5 Å². The number of aromatic hydroxyl groups is 1. The average Bonchev–Trinajstić information content (AvgIpc) is 2.80. The fourth-order valence-electron chi connectivity index (χ4n) is 2.74. The van der Waals surface area contributed by atoms with Crippen molar-refractivity contribution in [3.8, 4) is 5.75 Å². The van der Waals surface area contributed by atoms with E-state index in [1.165, 1.54) is 0 Å². The summed E-state index contributed by atoms with van der Waals surface area (Å²) in [5.74, 6) is 0.387. The Morgan fingerprint density at radius 2 is 2.11 bits per heavy atom. The fraction of sp³-hybridized carbons (Fsp3) is 0.333. The Hall–Kier alpha value is -1.58.